The van der Waals surface area contributed by atoms with Gasteiger partial charge in [-0.3, -0.25) is 0 Å². The van der Waals surface area contributed by atoms with Crippen LogP contribution in [0, 0.1) is 5.82 Å². The number of hydrogen-bond acceptors (Lipinski definition) is 2. The minimum absolute atomic E-state index is 0.199. The molecule has 21 heavy (non-hydrogen) atoms. The summed E-state index contributed by atoms with van der Waals surface area (Å²) in [6, 6.07) is 14.6. The second-order valence-corrected chi connectivity index (χ2v) is 5.53. The lowest BCUT2D eigenvalue weighted by Gasteiger charge is -2.13. The molecule has 2 aromatic rings. The Morgan fingerprint density at radius 3 is 2.52 bits per heavy atom. The van der Waals surface area contributed by atoms with E-state index in [2.05, 4.69) is 5.32 Å². The van der Waals surface area contributed by atoms with Crippen molar-refractivity contribution in [1.82, 2.24) is 0 Å². The van der Waals surface area contributed by atoms with E-state index in [1.54, 1.807) is 12.1 Å². The van der Waals surface area contributed by atoms with Gasteiger partial charge in [0.2, 0.25) is 0 Å². The van der Waals surface area contributed by atoms with Crippen LogP contribution in [0.25, 0.3) is 0 Å². The van der Waals surface area contributed by atoms with Crippen LogP contribution in [0.1, 0.15) is 31.2 Å². The first-order valence-electron chi connectivity index (χ1n) is 7.55. The summed E-state index contributed by atoms with van der Waals surface area (Å²) in [6.07, 6.45) is 5.27. The van der Waals surface area contributed by atoms with Gasteiger partial charge in [-0.2, -0.15) is 0 Å². The van der Waals surface area contributed by atoms with Crippen LogP contribution in [-0.4, -0.2) is 6.10 Å². The Morgan fingerprint density at radius 2 is 1.81 bits per heavy atom. The lowest BCUT2D eigenvalue weighted by Crippen LogP contribution is -2.10. The molecule has 1 fully saturated rings. The summed E-state index contributed by atoms with van der Waals surface area (Å²) in [5.74, 6) is 0.729. The summed E-state index contributed by atoms with van der Waals surface area (Å²) in [4.78, 5) is 0. The molecule has 1 aliphatic carbocycles. The summed E-state index contributed by atoms with van der Waals surface area (Å²) >= 11 is 0. The summed E-state index contributed by atoms with van der Waals surface area (Å²) in [5.41, 5.74) is 1.94. The maximum Gasteiger partial charge on any atom is 0.123 e. The Morgan fingerprint density at radius 1 is 1.05 bits per heavy atom. The number of hydrogen-bond donors (Lipinski definition) is 1. The molecule has 0 atom stereocenters. The molecule has 0 saturated heterocycles. The lowest BCUT2D eigenvalue weighted by atomic mass is 10.2. The van der Waals surface area contributed by atoms with Gasteiger partial charge in [0.1, 0.15) is 11.6 Å². The van der Waals surface area contributed by atoms with Crippen molar-refractivity contribution in [2.45, 2.75) is 38.3 Å². The third kappa shape index (κ3) is 3.97. The average molecular weight is 285 g/mol. The smallest absolute Gasteiger partial charge is 0.123 e. The van der Waals surface area contributed by atoms with Crippen LogP contribution in [0.5, 0.6) is 5.75 Å². The topological polar surface area (TPSA) is 21.3 Å². The number of ether oxygens (including phenoxy) is 1. The standard InChI is InChI=1S/C18H20FNO/c19-15-5-3-4-14(12-15)13-20-16-8-10-18(11-9-16)21-17-6-1-2-7-17/h3-5,8-12,17,20H,1-2,6-7,13H2. The maximum absolute atomic E-state index is 13.1. The maximum atomic E-state index is 13.1. The van der Waals surface area contributed by atoms with Crippen molar-refractivity contribution in [2.75, 3.05) is 5.32 Å². The molecule has 2 nitrogen and oxygen atoms in total. The van der Waals surface area contributed by atoms with Crippen LogP contribution in [0.2, 0.25) is 0 Å². The van der Waals surface area contributed by atoms with E-state index >= 15 is 0 Å². The molecule has 0 aromatic heterocycles. The number of nitrogens with one attached hydrogen (secondary N) is 1. The summed E-state index contributed by atoms with van der Waals surface area (Å²) in [7, 11) is 0. The number of rotatable bonds is 5. The van der Waals surface area contributed by atoms with Crippen molar-refractivity contribution in [3.8, 4) is 5.75 Å². The van der Waals surface area contributed by atoms with Crippen LogP contribution in [0.15, 0.2) is 48.5 Å². The summed E-state index contributed by atoms with van der Waals surface area (Å²) < 4.78 is 19.0. The molecule has 0 amide bonds. The van der Waals surface area contributed by atoms with E-state index in [0.29, 0.717) is 12.6 Å². The fourth-order valence-electron chi connectivity index (χ4n) is 2.70. The van der Waals surface area contributed by atoms with E-state index in [0.717, 1.165) is 17.0 Å². The highest BCUT2D eigenvalue weighted by Crippen LogP contribution is 2.25. The van der Waals surface area contributed by atoms with Gasteiger partial charge in [0.15, 0.2) is 0 Å². The SMILES string of the molecule is Fc1cccc(CNc2ccc(OC3CCCC3)cc2)c1. The molecule has 0 aliphatic heterocycles. The lowest BCUT2D eigenvalue weighted by molar-refractivity contribution is 0.210. The van der Waals surface area contributed by atoms with Crippen molar-refractivity contribution in [2.24, 2.45) is 0 Å². The number of benzene rings is 2. The van der Waals surface area contributed by atoms with Crippen LogP contribution in [-0.2, 0) is 6.54 Å². The number of anilines is 1. The highest BCUT2D eigenvalue weighted by Gasteiger charge is 2.16. The van der Waals surface area contributed by atoms with Gasteiger partial charge in [0, 0.05) is 12.2 Å². The molecular formula is C18H20FNO. The zero-order valence-corrected chi connectivity index (χ0v) is 12.0. The molecular weight excluding hydrogens is 265 g/mol. The van der Waals surface area contributed by atoms with Gasteiger partial charge < -0.3 is 10.1 Å². The Hall–Kier alpha value is -2.03. The van der Waals surface area contributed by atoms with Crippen molar-refractivity contribution in [3.05, 3.63) is 59.9 Å². The van der Waals surface area contributed by atoms with Crippen molar-refractivity contribution in [3.63, 3.8) is 0 Å². The molecule has 3 rings (SSSR count). The monoisotopic (exact) mass is 285 g/mol. The Balaban J connectivity index is 1.54. The second kappa shape index (κ2) is 6.61. The molecule has 0 spiro atoms. The zero-order chi connectivity index (χ0) is 14.5. The molecule has 1 aliphatic rings. The molecule has 2 aromatic carbocycles. The van der Waals surface area contributed by atoms with Crippen LogP contribution < -0.4 is 10.1 Å². The van der Waals surface area contributed by atoms with Crippen LogP contribution in [0.3, 0.4) is 0 Å². The van der Waals surface area contributed by atoms with E-state index in [1.807, 2.05) is 30.3 Å². The molecule has 1 saturated carbocycles. The van der Waals surface area contributed by atoms with Gasteiger partial charge in [-0.15, -0.1) is 0 Å². The molecule has 0 radical (unpaired) electrons. The first-order chi connectivity index (χ1) is 10.3. The van der Waals surface area contributed by atoms with E-state index < -0.39 is 0 Å². The summed E-state index contributed by atoms with van der Waals surface area (Å²) in [5, 5.41) is 3.29. The van der Waals surface area contributed by atoms with E-state index in [1.165, 1.54) is 31.7 Å². The van der Waals surface area contributed by atoms with Crippen molar-refractivity contribution >= 4 is 5.69 Å². The second-order valence-electron chi connectivity index (χ2n) is 5.53. The largest absolute Gasteiger partial charge is 0.490 e. The minimum atomic E-state index is -0.199. The van der Waals surface area contributed by atoms with Gasteiger partial charge in [0.05, 0.1) is 6.10 Å². The fourth-order valence-corrected chi connectivity index (χ4v) is 2.70. The Kier molecular flexibility index (Phi) is 4.39. The highest BCUT2D eigenvalue weighted by molar-refractivity contribution is 5.46. The van der Waals surface area contributed by atoms with Gasteiger partial charge in [0.25, 0.3) is 0 Å². The normalized spacial score (nSPS) is 15.1. The van der Waals surface area contributed by atoms with Crippen LogP contribution in [0.4, 0.5) is 10.1 Å². The van der Waals surface area contributed by atoms with Crippen molar-refractivity contribution in [1.29, 1.82) is 0 Å². The predicted molar refractivity (Wildman–Crippen MR) is 83.1 cm³/mol. The first-order valence-corrected chi connectivity index (χ1v) is 7.55. The minimum Gasteiger partial charge on any atom is -0.490 e. The zero-order valence-electron chi connectivity index (χ0n) is 12.0. The fraction of sp³-hybridized carbons (Fsp3) is 0.333. The molecule has 3 heteroatoms. The van der Waals surface area contributed by atoms with E-state index in [9.17, 15) is 4.39 Å². The van der Waals surface area contributed by atoms with Gasteiger partial charge in [-0.05, 0) is 67.6 Å². The molecule has 110 valence electrons. The molecule has 0 bridgehead atoms. The predicted octanol–water partition coefficient (Wildman–Crippen LogP) is 4.76. The van der Waals surface area contributed by atoms with Gasteiger partial charge in [-0.25, -0.2) is 4.39 Å². The quantitative estimate of drug-likeness (QED) is 0.855. The highest BCUT2D eigenvalue weighted by atomic mass is 19.1. The molecule has 0 unspecified atom stereocenters. The van der Waals surface area contributed by atoms with Crippen LogP contribution >= 0.6 is 0 Å². The number of halogens is 1. The Labute approximate surface area is 125 Å². The van der Waals surface area contributed by atoms with Gasteiger partial charge >= 0.3 is 0 Å². The third-order valence-corrected chi connectivity index (χ3v) is 3.84. The van der Waals surface area contributed by atoms with Crippen molar-refractivity contribution < 1.29 is 9.13 Å². The van der Waals surface area contributed by atoms with Gasteiger partial charge in [-0.1, -0.05) is 12.1 Å². The van der Waals surface area contributed by atoms with E-state index in [-0.39, 0.29) is 5.82 Å². The summed E-state index contributed by atoms with van der Waals surface area (Å²) in [6.45, 7) is 0.612. The average Bonchev–Trinajstić information content (AvgIpc) is 3.00. The molecule has 1 N–H and O–H groups in total. The first kappa shape index (κ1) is 13.9. The Bertz CT molecular complexity index is 576. The van der Waals surface area contributed by atoms with E-state index in [4.69, 9.17) is 4.74 Å². The third-order valence-electron chi connectivity index (χ3n) is 3.84. The molecule has 0 heterocycles.